The molecule has 1 amide bonds. The average Bonchev–Trinajstić information content (AvgIpc) is 0.792. The van der Waals surface area contributed by atoms with Crippen LogP contribution in [-0.4, -0.2) is 57.9 Å². The summed E-state index contributed by atoms with van der Waals surface area (Å²) in [6.45, 7) is 24.6. The van der Waals surface area contributed by atoms with Gasteiger partial charge in [0.15, 0.2) is 10.1 Å². The molecule has 2 aliphatic heterocycles. The van der Waals surface area contributed by atoms with Crippen LogP contribution in [0.5, 0.6) is 0 Å². The van der Waals surface area contributed by atoms with Gasteiger partial charge in [0, 0.05) is 61.4 Å². The molecule has 14 rings (SSSR count). The Balaban J connectivity index is 0.00000126. The fourth-order valence-corrected chi connectivity index (χ4v) is 11.4. The van der Waals surface area contributed by atoms with Crippen molar-refractivity contribution in [2.45, 2.75) is 70.7 Å². The summed E-state index contributed by atoms with van der Waals surface area (Å²) in [7, 11) is -1.76. The molecule has 0 saturated heterocycles. The number of primary amides is 1. The summed E-state index contributed by atoms with van der Waals surface area (Å²) in [5.74, 6) is 3.10. The topological polar surface area (TPSA) is 150 Å². The van der Waals surface area contributed by atoms with Crippen LogP contribution in [0.4, 0.5) is 35.9 Å². The van der Waals surface area contributed by atoms with Crippen molar-refractivity contribution >= 4 is 51.1 Å². The molecule has 0 fully saturated rings. The Morgan fingerprint density at radius 2 is 0.946 bits per heavy atom. The molecule has 7 aromatic rings. The first-order chi connectivity index (χ1) is 42.9. The molecule has 495 valence electrons. The van der Waals surface area contributed by atoms with Gasteiger partial charge in [-0.2, -0.15) is 26.5 Å². The number of nitrogens with two attached hydrogens (primary N) is 1. The fourth-order valence-electron chi connectivity index (χ4n) is 11.4. The van der Waals surface area contributed by atoms with Crippen LogP contribution in [0.25, 0.3) is 6.08 Å². The van der Waals surface area contributed by atoms with Crippen LogP contribution < -0.4 is 25.3 Å². The van der Waals surface area contributed by atoms with Crippen molar-refractivity contribution in [2.75, 3.05) is 46.8 Å². The van der Waals surface area contributed by atoms with Crippen LogP contribution in [0.3, 0.4) is 0 Å². The molecule has 11 nitrogen and oxygen atoms in total. The number of hydrogen-bond donors (Lipinski definition) is 1. The van der Waals surface area contributed by atoms with Gasteiger partial charge in [0.05, 0.1) is 6.42 Å². The predicted molar refractivity (Wildman–Crippen MR) is 370 cm³/mol. The number of aldehydes is 1. The number of anilines is 4. The molecule has 4 bridgehead atoms. The summed E-state index contributed by atoms with van der Waals surface area (Å²) in [5, 5.41) is 0. The number of terminal acetylenes is 1. The maximum absolute atomic E-state index is 10.7. The Labute approximate surface area is 561 Å². The Morgan fingerprint density at radius 3 is 1.23 bits per heavy atom. The van der Waals surface area contributed by atoms with Gasteiger partial charge in [0.2, 0.25) is 5.91 Å². The third-order valence-corrected chi connectivity index (χ3v) is 15.7. The molecule has 1 radical (unpaired) electrons. The van der Waals surface area contributed by atoms with E-state index in [-0.39, 0.29) is 47.6 Å². The minimum atomic E-state index is -6.09. The van der Waals surface area contributed by atoms with E-state index >= 15 is 0 Å². The Kier molecular flexibility index (Phi) is 36.7. The zero-order valence-electron chi connectivity index (χ0n) is 53.9. The molecule has 7 aliphatic rings. The van der Waals surface area contributed by atoms with Crippen LogP contribution in [0.2, 0.25) is 0 Å². The zero-order valence-corrected chi connectivity index (χ0v) is 56.4. The normalized spacial score (nSPS) is 17.9. The van der Waals surface area contributed by atoms with E-state index in [1.54, 1.807) is 0 Å². The standard InChI is InChI=1S/C34H32N4.C9H10O.C8H9NO.C8H8.C7H8.2C2H6.C2H2.CHF3O3S.CO.2CH3.Rh.H2/c1-35-21-37(31-17-9-7-15-29(31)35)19-27-28(20-38-22-36(2)30-16-8-10-18-32(30)38)34-25-13-5-3-11-23(25)33(27)24-12-4-6-14-26(24)34;1-8(7-10)9-5-3-2-4-6-9;9-8(10)6-7-4-2-1-3-5-7;1-2-8-6-4-3-5-7-8;1-2-7-4-3-6(1)5-7;3*1-2;2-1(3,4)8(5,6)7;1-2;;;;/h3-18,21-22,27-28,33-34H,19-20H2,1-2H3;2-8H,1H3;1-5H,6H2,(H2,9,10);2-7H,1H2;1-4,6-7H,5H2;2*1-2H3;1-2H;(H,5,6,7);;2*1H3;;1H/q-2;;;;;;;;;;2*-1;;/p-1. The van der Waals surface area contributed by atoms with Crippen molar-refractivity contribution in [2.24, 2.45) is 29.4 Å². The fraction of sp³-hybridized carbons (Fsp3) is 0.250. The summed E-state index contributed by atoms with van der Waals surface area (Å²) >= 11 is 0. The first-order valence-corrected chi connectivity index (χ1v) is 30.8. The number of rotatable bonds is 9. The predicted octanol–water partition coefficient (Wildman–Crippen LogP) is 16.9. The van der Waals surface area contributed by atoms with Gasteiger partial charge < -0.3 is 49.5 Å². The Hall–Kier alpha value is -8.28. The second-order valence-corrected chi connectivity index (χ2v) is 22.0. The van der Waals surface area contributed by atoms with Crippen molar-refractivity contribution in [3.63, 3.8) is 0 Å². The molecule has 0 saturated carbocycles. The molecule has 5 aliphatic carbocycles. The van der Waals surface area contributed by atoms with Crippen molar-refractivity contribution in [3.8, 4) is 12.8 Å². The smallest absolute Gasteiger partial charge is 0 e. The van der Waals surface area contributed by atoms with Crippen molar-refractivity contribution in [3.05, 3.63) is 293 Å². The molecule has 0 aromatic heterocycles. The maximum atomic E-state index is 10.7. The summed E-state index contributed by atoms with van der Waals surface area (Å²) < 4.78 is 66.4. The summed E-state index contributed by atoms with van der Waals surface area (Å²) in [5.41, 5.74) is 13.9. The van der Waals surface area contributed by atoms with E-state index < -0.39 is 15.6 Å². The van der Waals surface area contributed by atoms with E-state index in [1.807, 2.05) is 132 Å². The molecule has 16 heteroatoms. The van der Waals surface area contributed by atoms with Crippen molar-refractivity contribution < 1.29 is 61.3 Å². The molecular formula is C76H89F3N5O6RhS-5. The molecule has 3 unspecified atom stereocenters. The van der Waals surface area contributed by atoms with E-state index in [4.69, 9.17) is 23.4 Å². The number of amides is 1. The van der Waals surface area contributed by atoms with Crippen LogP contribution in [0.15, 0.2) is 219 Å². The molecule has 92 heavy (non-hydrogen) atoms. The number of nitrogens with zero attached hydrogens (tertiary/aromatic N) is 4. The average molecular weight is 1360 g/mol. The number of para-hydroxylation sites is 4. The van der Waals surface area contributed by atoms with Gasteiger partial charge >= 0.3 is 16.8 Å². The van der Waals surface area contributed by atoms with Crippen LogP contribution in [0, 0.1) is 71.4 Å². The third kappa shape index (κ3) is 22.2. The van der Waals surface area contributed by atoms with Gasteiger partial charge in [-0.1, -0.05) is 235 Å². The monoisotopic (exact) mass is 1360 g/mol. The first kappa shape index (κ1) is 81.7. The first-order valence-electron chi connectivity index (χ1n) is 29.4. The third-order valence-electron chi connectivity index (χ3n) is 15.1. The van der Waals surface area contributed by atoms with Crippen molar-refractivity contribution in [1.29, 1.82) is 0 Å². The van der Waals surface area contributed by atoms with Gasteiger partial charge in [0.25, 0.3) is 0 Å². The second kappa shape index (κ2) is 41.3. The van der Waals surface area contributed by atoms with Gasteiger partial charge in [0.1, 0.15) is 6.29 Å². The molecule has 3 atom stereocenters. The van der Waals surface area contributed by atoms with E-state index in [2.05, 4.69) is 194 Å². The quantitative estimate of drug-likeness (QED) is 0.0218. The molecule has 2 N–H and O–H groups in total. The number of alkyl halides is 3. The number of allylic oxidation sites excluding steroid dienone is 4. The number of carbonyl (C=O) groups is 2. The second-order valence-electron chi connectivity index (χ2n) is 20.6. The zero-order chi connectivity index (χ0) is 65.7. The molecule has 2 heterocycles. The van der Waals surface area contributed by atoms with Gasteiger partial charge in [-0.15, -0.1) is 12.8 Å². The van der Waals surface area contributed by atoms with Crippen molar-refractivity contribution in [1.82, 2.24) is 0 Å². The van der Waals surface area contributed by atoms with E-state index in [0.29, 0.717) is 30.1 Å². The molecule has 0 spiro atoms. The van der Waals surface area contributed by atoms with Crippen LogP contribution in [0.1, 0.15) is 99.2 Å². The van der Waals surface area contributed by atoms with E-state index in [9.17, 15) is 22.8 Å². The Morgan fingerprint density at radius 1 is 0.641 bits per heavy atom. The van der Waals surface area contributed by atoms with Crippen LogP contribution >= 0.6 is 0 Å². The van der Waals surface area contributed by atoms with E-state index in [1.165, 1.54) is 57.0 Å². The van der Waals surface area contributed by atoms with Crippen LogP contribution in [-0.2, 0) is 50.3 Å². The van der Waals surface area contributed by atoms with Gasteiger partial charge in [-0.25, -0.2) is 8.42 Å². The maximum Gasteiger partial charge on any atom is 0 e. The minimum absolute atomic E-state index is 0. The van der Waals surface area contributed by atoms with E-state index in [0.717, 1.165) is 42.3 Å². The molecular weight excluding hydrogens is 1270 g/mol. The molecule has 7 aromatic carbocycles. The minimum Gasteiger partial charge on any atom is -0.358 e. The number of fused-ring (bicyclic) bond motifs is 5. The SMILES string of the molecule is C#C.C1=CC2C=CC1C2.C=Cc1ccccc1.CC.CC.CC(C=O)c1ccccc1.CN1[CH-]N(CC2C3c4ccccc4C(c4ccccc43)C2CN2[CH-]N(C)c3ccccc32)c2ccccc21.NC(=O)Cc1ccccc1.O=S(=O)([O-])C(F)(F)F.[C-]#[O+].[CH3-].[CH3-].[HH].[Rh]. The number of hydrogen-bond acceptors (Lipinski definition) is 9. The number of carbonyl (C=O) groups excluding carboxylic acids is 2. The van der Waals surface area contributed by atoms with Gasteiger partial charge in [-0.05, 0) is 120 Å². The number of benzene rings is 7. The largest absolute Gasteiger partial charge is 0.358 e. The summed E-state index contributed by atoms with van der Waals surface area (Å²) in [6, 6.07) is 65.3. The summed E-state index contributed by atoms with van der Waals surface area (Å²) in [4.78, 5) is 30.3. The Bertz CT molecular complexity index is 3330. The van der Waals surface area contributed by atoms with Gasteiger partial charge in [-0.3, -0.25) is 4.79 Å². The summed E-state index contributed by atoms with van der Waals surface area (Å²) in [6.07, 6.45) is 21.7. The number of halogens is 3.